The minimum atomic E-state index is -0.928. The first-order valence-electron chi connectivity index (χ1n) is 6.95. The molecule has 0 saturated carbocycles. The highest BCUT2D eigenvalue weighted by molar-refractivity contribution is 5.48. The van der Waals surface area contributed by atoms with Gasteiger partial charge in [0.1, 0.15) is 11.0 Å². The molecule has 0 bridgehead atoms. The molecule has 0 aromatic heterocycles. The Morgan fingerprint density at radius 3 is 2.79 bits per heavy atom. The van der Waals surface area contributed by atoms with Gasteiger partial charge in [0.25, 0.3) is 0 Å². The largest absolute Gasteiger partial charge is 0.386 e. The number of hydrogen-bond donors (Lipinski definition) is 1. The number of nitrogens with zero attached hydrogens (tertiary/aromatic N) is 2. The molecule has 3 atom stereocenters. The lowest BCUT2D eigenvalue weighted by molar-refractivity contribution is -0.00586. The van der Waals surface area contributed by atoms with Crippen LogP contribution in [0.4, 0.5) is 0 Å². The molecule has 1 saturated heterocycles. The number of nitriles is 1. The van der Waals surface area contributed by atoms with Gasteiger partial charge in [-0.2, -0.15) is 5.26 Å². The van der Waals surface area contributed by atoms with Crippen molar-refractivity contribution in [1.29, 1.82) is 5.26 Å². The summed E-state index contributed by atoms with van der Waals surface area (Å²) in [6, 6.07) is 10.9. The Labute approximate surface area is 114 Å². The maximum Gasteiger partial charge on any atom is 0.113 e. The van der Waals surface area contributed by atoms with Crippen molar-refractivity contribution in [2.75, 3.05) is 13.6 Å². The van der Waals surface area contributed by atoms with E-state index in [1.54, 1.807) is 0 Å². The van der Waals surface area contributed by atoms with Crippen LogP contribution >= 0.6 is 0 Å². The summed E-state index contributed by atoms with van der Waals surface area (Å²) in [7, 11) is 2.02. The van der Waals surface area contributed by atoms with Crippen LogP contribution in [-0.4, -0.2) is 35.2 Å². The first-order valence-corrected chi connectivity index (χ1v) is 6.95. The molecule has 100 valence electrons. The second-order valence-electron chi connectivity index (χ2n) is 6.17. The lowest BCUT2D eigenvalue weighted by Crippen LogP contribution is -2.51. The van der Waals surface area contributed by atoms with Crippen molar-refractivity contribution in [3.05, 3.63) is 35.4 Å². The fourth-order valence-corrected chi connectivity index (χ4v) is 3.90. The van der Waals surface area contributed by atoms with E-state index in [-0.39, 0.29) is 0 Å². The zero-order chi connectivity index (χ0) is 13.7. The Morgan fingerprint density at radius 1 is 1.42 bits per heavy atom. The second-order valence-corrected chi connectivity index (χ2v) is 6.17. The highest BCUT2D eigenvalue weighted by Gasteiger charge is 2.58. The molecular weight excluding hydrogens is 236 g/mol. The molecule has 3 heteroatoms. The highest BCUT2D eigenvalue weighted by atomic mass is 16.3. The zero-order valence-electron chi connectivity index (χ0n) is 11.6. The smallest absolute Gasteiger partial charge is 0.113 e. The van der Waals surface area contributed by atoms with Crippen molar-refractivity contribution >= 4 is 0 Å². The van der Waals surface area contributed by atoms with Gasteiger partial charge < -0.3 is 10.0 Å². The lowest BCUT2D eigenvalue weighted by atomic mass is 9.68. The minimum Gasteiger partial charge on any atom is -0.386 e. The summed E-state index contributed by atoms with van der Waals surface area (Å²) in [5.41, 5.74) is 0.604. The third-order valence-corrected chi connectivity index (χ3v) is 5.13. The first-order chi connectivity index (χ1) is 9.02. The van der Waals surface area contributed by atoms with Gasteiger partial charge in [-0.05, 0) is 44.4 Å². The van der Waals surface area contributed by atoms with Crippen LogP contribution in [0.3, 0.4) is 0 Å². The average Bonchev–Trinajstić information content (AvgIpc) is 2.90. The normalized spacial score (nSPS) is 38.1. The number of hydrogen-bond acceptors (Lipinski definition) is 3. The van der Waals surface area contributed by atoms with Crippen molar-refractivity contribution in [3.63, 3.8) is 0 Å². The molecule has 1 fully saturated rings. The van der Waals surface area contributed by atoms with Gasteiger partial charge >= 0.3 is 0 Å². The third kappa shape index (κ3) is 1.57. The molecule has 1 aliphatic heterocycles. The Kier molecular flexibility index (Phi) is 2.70. The molecule has 0 amide bonds. The Hall–Kier alpha value is -1.37. The van der Waals surface area contributed by atoms with E-state index >= 15 is 0 Å². The molecule has 0 spiro atoms. The molecule has 1 heterocycles. The maximum absolute atomic E-state index is 11.2. The topological polar surface area (TPSA) is 47.3 Å². The fraction of sp³-hybridized carbons (Fsp3) is 0.562. The molecule has 2 aliphatic rings. The molecule has 19 heavy (non-hydrogen) atoms. The molecule has 3 rings (SSSR count). The molecule has 1 aromatic rings. The standard InChI is InChI=1S/C16H20N2O/c1-12-9-16(19,11-18(12)2)15(10-17)8-7-13-5-3-4-6-14(13)15/h3-6,12,19H,7-9,11H2,1-2H3. The summed E-state index contributed by atoms with van der Waals surface area (Å²) < 4.78 is 0. The molecule has 3 unspecified atom stereocenters. The van der Waals surface area contributed by atoms with Crippen LogP contribution in [0, 0.1) is 11.3 Å². The molecular formula is C16H20N2O. The minimum absolute atomic E-state index is 0.322. The van der Waals surface area contributed by atoms with Crippen molar-refractivity contribution in [2.45, 2.75) is 43.2 Å². The van der Waals surface area contributed by atoms with E-state index in [9.17, 15) is 10.4 Å². The van der Waals surface area contributed by atoms with Gasteiger partial charge in [0.15, 0.2) is 0 Å². The van der Waals surface area contributed by atoms with Gasteiger partial charge in [-0.25, -0.2) is 0 Å². The quantitative estimate of drug-likeness (QED) is 0.834. The summed E-state index contributed by atoms with van der Waals surface area (Å²) in [5, 5.41) is 21.0. The Bertz CT molecular complexity index is 538. The first kappa shape index (κ1) is 12.7. The summed E-state index contributed by atoms with van der Waals surface area (Å²) in [5.74, 6) is 0. The second kappa shape index (κ2) is 4.06. The summed E-state index contributed by atoms with van der Waals surface area (Å²) in [6.07, 6.45) is 2.30. The summed E-state index contributed by atoms with van der Waals surface area (Å²) in [6.45, 7) is 2.69. The van der Waals surface area contributed by atoms with Crippen molar-refractivity contribution in [2.24, 2.45) is 0 Å². The van der Waals surface area contributed by atoms with Crippen molar-refractivity contribution in [1.82, 2.24) is 4.90 Å². The number of likely N-dealkylation sites (tertiary alicyclic amines) is 1. The SMILES string of the molecule is CC1CC(O)(C2(C#N)CCc3ccccc32)CN1C. The Morgan fingerprint density at radius 2 is 2.16 bits per heavy atom. The monoisotopic (exact) mass is 256 g/mol. The molecule has 1 N–H and O–H groups in total. The number of aryl methyl sites for hydroxylation is 1. The van der Waals surface area contributed by atoms with Crippen LogP contribution in [0.5, 0.6) is 0 Å². The molecule has 0 radical (unpaired) electrons. The van der Waals surface area contributed by atoms with Crippen LogP contribution in [0.15, 0.2) is 24.3 Å². The zero-order valence-corrected chi connectivity index (χ0v) is 11.6. The van der Waals surface area contributed by atoms with E-state index in [1.165, 1.54) is 5.56 Å². The van der Waals surface area contributed by atoms with Crippen LogP contribution in [0.25, 0.3) is 0 Å². The number of β-amino-alcohol motifs (C(OH)–C–C–N with tert-alkyl or cyclic N) is 1. The summed E-state index contributed by atoms with van der Waals surface area (Å²) in [4.78, 5) is 2.15. The predicted molar refractivity (Wildman–Crippen MR) is 73.7 cm³/mol. The van der Waals surface area contributed by atoms with Crippen molar-refractivity contribution in [3.8, 4) is 6.07 Å². The highest BCUT2D eigenvalue weighted by Crippen LogP contribution is 2.50. The maximum atomic E-state index is 11.2. The average molecular weight is 256 g/mol. The van der Waals surface area contributed by atoms with Crippen LogP contribution in [-0.2, 0) is 11.8 Å². The number of rotatable bonds is 1. The molecule has 1 aromatic carbocycles. The third-order valence-electron chi connectivity index (χ3n) is 5.13. The van der Waals surface area contributed by atoms with E-state index in [1.807, 2.05) is 25.2 Å². The van der Waals surface area contributed by atoms with Crippen LogP contribution in [0.2, 0.25) is 0 Å². The van der Waals surface area contributed by atoms with Gasteiger partial charge in [0, 0.05) is 12.6 Å². The van der Waals surface area contributed by atoms with Crippen molar-refractivity contribution < 1.29 is 5.11 Å². The van der Waals surface area contributed by atoms with E-state index in [0.717, 1.165) is 18.4 Å². The van der Waals surface area contributed by atoms with E-state index in [4.69, 9.17) is 0 Å². The van der Waals surface area contributed by atoms with Gasteiger partial charge in [-0.15, -0.1) is 0 Å². The number of aliphatic hydroxyl groups is 1. The molecule has 3 nitrogen and oxygen atoms in total. The number of fused-ring (bicyclic) bond motifs is 1. The number of likely N-dealkylation sites (N-methyl/N-ethyl adjacent to an activating group) is 1. The van der Waals surface area contributed by atoms with Gasteiger partial charge in [-0.3, -0.25) is 0 Å². The predicted octanol–water partition coefficient (Wildman–Crippen LogP) is 1.85. The van der Waals surface area contributed by atoms with Gasteiger partial charge in [0.2, 0.25) is 0 Å². The lowest BCUT2D eigenvalue weighted by Gasteiger charge is -2.38. The summed E-state index contributed by atoms with van der Waals surface area (Å²) >= 11 is 0. The fourth-order valence-electron chi connectivity index (χ4n) is 3.90. The van der Waals surface area contributed by atoms with Gasteiger partial charge in [-0.1, -0.05) is 24.3 Å². The molecule has 1 aliphatic carbocycles. The van der Waals surface area contributed by atoms with E-state index < -0.39 is 11.0 Å². The van der Waals surface area contributed by atoms with Gasteiger partial charge in [0.05, 0.1) is 6.07 Å². The Balaban J connectivity index is 2.10. The van der Waals surface area contributed by atoms with E-state index in [2.05, 4.69) is 24.0 Å². The van der Waals surface area contributed by atoms with Crippen LogP contribution in [0.1, 0.15) is 30.9 Å². The van der Waals surface area contributed by atoms with Crippen LogP contribution < -0.4 is 0 Å². The van der Waals surface area contributed by atoms with E-state index in [0.29, 0.717) is 19.0 Å². The number of benzene rings is 1.